The zero-order chi connectivity index (χ0) is 21.1. The topological polar surface area (TPSA) is 73.2 Å². The first-order valence-electron chi connectivity index (χ1n) is 10.5. The minimum absolute atomic E-state index is 0.167. The van der Waals surface area contributed by atoms with Gasteiger partial charge >= 0.3 is 0 Å². The van der Waals surface area contributed by atoms with Crippen LogP contribution in [0, 0.1) is 11.8 Å². The fourth-order valence-corrected chi connectivity index (χ4v) is 4.19. The van der Waals surface area contributed by atoms with E-state index < -0.39 is 0 Å². The molecule has 2 aromatic carbocycles. The molecule has 0 unspecified atom stereocenters. The number of hydrogen-bond donors (Lipinski definition) is 1. The maximum atomic E-state index is 12.9. The van der Waals surface area contributed by atoms with Gasteiger partial charge in [0.15, 0.2) is 0 Å². The Labute approximate surface area is 175 Å². The van der Waals surface area contributed by atoms with Crippen LogP contribution >= 0.6 is 0 Å². The van der Waals surface area contributed by atoms with E-state index in [1.54, 1.807) is 13.2 Å². The van der Waals surface area contributed by atoms with Gasteiger partial charge in [-0.3, -0.25) is 9.59 Å². The molecule has 1 aliphatic carbocycles. The van der Waals surface area contributed by atoms with Crippen molar-refractivity contribution in [1.82, 2.24) is 9.89 Å². The molecule has 4 rings (SSSR count). The average Bonchev–Trinajstić information content (AvgIpc) is 2.77. The molecule has 156 valence electrons. The molecule has 1 saturated carbocycles. The number of aromatic nitrogens is 2. The number of carbonyl (C=O) groups excluding carboxylic acids is 1. The molecule has 1 aromatic heterocycles. The van der Waals surface area contributed by atoms with Crippen molar-refractivity contribution in [2.75, 3.05) is 12.5 Å². The van der Waals surface area contributed by atoms with Crippen LogP contribution in [0.4, 0.5) is 0 Å². The SMILES string of the molecule is COc1ccc(-c2nn(NC(=O)CC3CCC(C)CC3)c(=O)c3ccccc23)cc1. The van der Waals surface area contributed by atoms with Crippen molar-refractivity contribution in [3.63, 3.8) is 0 Å². The Morgan fingerprint density at radius 1 is 1.07 bits per heavy atom. The molecule has 6 nitrogen and oxygen atoms in total. The number of rotatable bonds is 5. The number of benzene rings is 2. The van der Waals surface area contributed by atoms with Crippen molar-refractivity contribution < 1.29 is 9.53 Å². The molecular formula is C24H27N3O3. The van der Waals surface area contributed by atoms with Gasteiger partial charge in [0.1, 0.15) is 11.4 Å². The second-order valence-electron chi connectivity index (χ2n) is 8.20. The Morgan fingerprint density at radius 3 is 2.40 bits per heavy atom. The lowest BCUT2D eigenvalue weighted by atomic mass is 9.81. The van der Waals surface area contributed by atoms with Crippen LogP contribution in [0.15, 0.2) is 53.3 Å². The quantitative estimate of drug-likeness (QED) is 0.685. The molecular weight excluding hydrogens is 378 g/mol. The maximum Gasteiger partial charge on any atom is 0.294 e. The standard InChI is InChI=1S/C24H27N3O3/c1-16-7-9-17(10-8-16)15-22(28)25-27-24(29)21-6-4-3-5-20(21)23(26-27)18-11-13-19(30-2)14-12-18/h3-6,11-14,16-17H,7-10,15H2,1-2H3,(H,25,28). The highest BCUT2D eigenvalue weighted by atomic mass is 16.5. The van der Waals surface area contributed by atoms with Crippen LogP contribution in [0.5, 0.6) is 5.75 Å². The first-order valence-corrected chi connectivity index (χ1v) is 10.5. The average molecular weight is 405 g/mol. The van der Waals surface area contributed by atoms with E-state index in [9.17, 15) is 9.59 Å². The van der Waals surface area contributed by atoms with Crippen LogP contribution in [0.3, 0.4) is 0 Å². The van der Waals surface area contributed by atoms with Crippen LogP contribution in [-0.4, -0.2) is 22.9 Å². The zero-order valence-corrected chi connectivity index (χ0v) is 17.4. The Kier molecular flexibility index (Phi) is 5.84. The van der Waals surface area contributed by atoms with E-state index in [1.807, 2.05) is 42.5 Å². The van der Waals surface area contributed by atoms with Gasteiger partial charge in [-0.25, -0.2) is 5.43 Å². The summed E-state index contributed by atoms with van der Waals surface area (Å²) in [6.07, 6.45) is 4.87. The van der Waals surface area contributed by atoms with Gasteiger partial charge in [0.25, 0.3) is 5.56 Å². The largest absolute Gasteiger partial charge is 0.497 e. The molecule has 0 aliphatic heterocycles. The van der Waals surface area contributed by atoms with Gasteiger partial charge < -0.3 is 4.74 Å². The second-order valence-corrected chi connectivity index (χ2v) is 8.20. The Balaban J connectivity index is 1.65. The van der Waals surface area contributed by atoms with Gasteiger partial charge in [-0.15, -0.1) is 9.89 Å². The van der Waals surface area contributed by atoms with E-state index in [-0.39, 0.29) is 11.5 Å². The number of nitrogens with zero attached hydrogens (tertiary/aromatic N) is 2. The fraction of sp³-hybridized carbons (Fsp3) is 0.375. The molecule has 3 aromatic rings. The summed E-state index contributed by atoms with van der Waals surface area (Å²) < 4.78 is 5.23. The van der Waals surface area contributed by atoms with Crippen LogP contribution in [0.2, 0.25) is 0 Å². The van der Waals surface area contributed by atoms with Crippen molar-refractivity contribution in [1.29, 1.82) is 0 Å². The lowest BCUT2D eigenvalue weighted by Crippen LogP contribution is -2.36. The Bertz CT molecular complexity index is 1100. The highest BCUT2D eigenvalue weighted by molar-refractivity contribution is 5.94. The molecule has 1 N–H and O–H groups in total. The molecule has 0 spiro atoms. The van der Waals surface area contributed by atoms with Gasteiger partial charge in [0.2, 0.25) is 5.91 Å². The van der Waals surface area contributed by atoms with Crippen molar-refractivity contribution in [3.05, 3.63) is 58.9 Å². The van der Waals surface area contributed by atoms with Gasteiger partial charge in [0.05, 0.1) is 12.5 Å². The van der Waals surface area contributed by atoms with Crippen molar-refractivity contribution in [2.45, 2.75) is 39.0 Å². The summed E-state index contributed by atoms with van der Waals surface area (Å²) in [7, 11) is 1.62. The van der Waals surface area contributed by atoms with Crippen molar-refractivity contribution in [2.24, 2.45) is 11.8 Å². The molecule has 0 saturated heterocycles. The van der Waals surface area contributed by atoms with E-state index in [1.165, 1.54) is 0 Å². The summed E-state index contributed by atoms with van der Waals surface area (Å²) in [4.78, 5) is 26.7. The number of fused-ring (bicyclic) bond motifs is 1. The van der Waals surface area contributed by atoms with Crippen LogP contribution < -0.4 is 15.7 Å². The van der Waals surface area contributed by atoms with Crippen LogP contribution in [0.25, 0.3) is 22.0 Å². The normalized spacial score (nSPS) is 18.9. The summed E-state index contributed by atoms with van der Waals surface area (Å²) >= 11 is 0. The van der Waals surface area contributed by atoms with Gasteiger partial charge in [-0.1, -0.05) is 38.0 Å². The summed E-state index contributed by atoms with van der Waals surface area (Å²) in [5.74, 6) is 1.69. The smallest absolute Gasteiger partial charge is 0.294 e. The molecule has 1 heterocycles. The highest BCUT2D eigenvalue weighted by Gasteiger charge is 2.21. The number of nitrogens with one attached hydrogen (secondary N) is 1. The summed E-state index contributed by atoms with van der Waals surface area (Å²) in [6, 6.07) is 14.8. The van der Waals surface area contributed by atoms with E-state index in [2.05, 4.69) is 17.4 Å². The van der Waals surface area contributed by atoms with E-state index in [4.69, 9.17) is 4.74 Å². The summed E-state index contributed by atoms with van der Waals surface area (Å²) in [5.41, 5.74) is 3.88. The van der Waals surface area contributed by atoms with Gasteiger partial charge in [0, 0.05) is 17.4 Å². The third kappa shape index (κ3) is 4.22. The molecule has 6 heteroatoms. The van der Waals surface area contributed by atoms with Crippen molar-refractivity contribution in [3.8, 4) is 17.0 Å². The predicted octanol–water partition coefficient (Wildman–Crippen LogP) is 4.36. The first-order chi connectivity index (χ1) is 14.5. The number of amides is 1. The minimum Gasteiger partial charge on any atom is -0.497 e. The Hall–Kier alpha value is -3.15. The molecule has 0 atom stereocenters. The summed E-state index contributed by atoms with van der Waals surface area (Å²) in [5, 5.41) is 5.77. The van der Waals surface area contributed by atoms with Gasteiger partial charge in [-0.2, -0.15) is 0 Å². The van der Waals surface area contributed by atoms with Crippen LogP contribution in [0.1, 0.15) is 39.0 Å². The molecule has 1 aliphatic rings. The molecule has 0 bridgehead atoms. The lowest BCUT2D eigenvalue weighted by Gasteiger charge is -2.25. The fourth-order valence-electron chi connectivity index (χ4n) is 4.19. The van der Waals surface area contributed by atoms with Crippen LogP contribution in [-0.2, 0) is 4.79 Å². The van der Waals surface area contributed by atoms with E-state index in [0.717, 1.165) is 53.1 Å². The van der Waals surface area contributed by atoms with E-state index in [0.29, 0.717) is 23.4 Å². The molecule has 0 radical (unpaired) electrons. The lowest BCUT2D eigenvalue weighted by molar-refractivity contribution is -0.118. The minimum atomic E-state index is -0.325. The Morgan fingerprint density at radius 2 is 1.73 bits per heavy atom. The molecule has 1 amide bonds. The first kappa shape index (κ1) is 20.1. The third-order valence-corrected chi connectivity index (χ3v) is 6.01. The number of hydrogen-bond acceptors (Lipinski definition) is 4. The molecule has 30 heavy (non-hydrogen) atoms. The monoisotopic (exact) mass is 405 g/mol. The third-order valence-electron chi connectivity index (χ3n) is 6.01. The maximum absolute atomic E-state index is 12.9. The predicted molar refractivity (Wildman–Crippen MR) is 118 cm³/mol. The zero-order valence-electron chi connectivity index (χ0n) is 17.4. The van der Waals surface area contributed by atoms with Crippen molar-refractivity contribution >= 4 is 16.7 Å². The number of carbonyl (C=O) groups is 1. The van der Waals surface area contributed by atoms with Gasteiger partial charge in [-0.05, 0) is 55.0 Å². The molecule has 1 fully saturated rings. The second kappa shape index (κ2) is 8.69. The summed E-state index contributed by atoms with van der Waals surface area (Å²) in [6.45, 7) is 2.26. The highest BCUT2D eigenvalue weighted by Crippen LogP contribution is 2.30. The number of ether oxygens (including phenoxy) is 1. The number of methoxy groups -OCH3 is 1. The van der Waals surface area contributed by atoms with E-state index >= 15 is 0 Å².